The van der Waals surface area contributed by atoms with Crippen molar-refractivity contribution >= 4 is 17.4 Å². The highest BCUT2D eigenvalue weighted by atomic mass is 16.2. The molecule has 0 bridgehead atoms. The van der Waals surface area contributed by atoms with Gasteiger partial charge in [0.25, 0.3) is 0 Å². The lowest BCUT2D eigenvalue weighted by Crippen LogP contribution is -2.40. The SMILES string of the molecule is CNC1=C(C(=N)Nc2ccc(-c3cnn(C4CC4)c3)cc2)CN(C(C)=O)CC1. The zero-order valence-electron chi connectivity index (χ0n) is 16.3. The van der Waals surface area contributed by atoms with Gasteiger partial charge in [-0.2, -0.15) is 5.10 Å². The maximum Gasteiger partial charge on any atom is 0.219 e. The Balaban J connectivity index is 1.46. The van der Waals surface area contributed by atoms with Crippen LogP contribution in [0.1, 0.15) is 32.2 Å². The lowest BCUT2D eigenvalue weighted by molar-refractivity contribution is -0.128. The van der Waals surface area contributed by atoms with Crippen molar-refractivity contribution in [3.05, 3.63) is 47.9 Å². The van der Waals surface area contributed by atoms with Crippen LogP contribution in [-0.4, -0.2) is 46.6 Å². The third kappa shape index (κ3) is 3.78. The Labute approximate surface area is 164 Å². The highest BCUT2D eigenvalue weighted by Crippen LogP contribution is 2.35. The molecular formula is C21H26N6O. The Bertz CT molecular complexity index is 923. The van der Waals surface area contributed by atoms with E-state index in [2.05, 4.69) is 21.9 Å². The van der Waals surface area contributed by atoms with Gasteiger partial charge in [-0.05, 0) is 30.5 Å². The number of benzene rings is 1. The van der Waals surface area contributed by atoms with Gasteiger partial charge in [-0.3, -0.25) is 14.9 Å². The Kier molecular flexibility index (Phi) is 4.90. The van der Waals surface area contributed by atoms with Crippen LogP contribution in [0.2, 0.25) is 0 Å². The predicted octanol–water partition coefficient (Wildman–Crippen LogP) is 3.00. The standard InChI is InChI=1S/C21H26N6O/c1-14(28)26-10-9-20(23-2)19(13-26)21(22)25-17-5-3-15(4-6-17)16-11-24-27(12-16)18-7-8-18/h3-6,11-12,18,23H,7-10,13H2,1-2H3,(H2,22,25). The van der Waals surface area contributed by atoms with E-state index in [9.17, 15) is 4.79 Å². The number of nitrogens with one attached hydrogen (secondary N) is 3. The normalized spacial score (nSPS) is 16.9. The first-order valence-electron chi connectivity index (χ1n) is 9.71. The van der Waals surface area contributed by atoms with E-state index in [4.69, 9.17) is 5.41 Å². The van der Waals surface area contributed by atoms with Crippen LogP contribution < -0.4 is 10.6 Å². The van der Waals surface area contributed by atoms with Crippen molar-refractivity contribution in [2.24, 2.45) is 0 Å². The van der Waals surface area contributed by atoms with Crippen molar-refractivity contribution < 1.29 is 4.79 Å². The van der Waals surface area contributed by atoms with Crippen LogP contribution in [0.5, 0.6) is 0 Å². The number of anilines is 1. The van der Waals surface area contributed by atoms with Gasteiger partial charge in [-0.15, -0.1) is 0 Å². The van der Waals surface area contributed by atoms with Gasteiger partial charge in [0.15, 0.2) is 0 Å². The number of aromatic nitrogens is 2. The number of rotatable bonds is 5. The van der Waals surface area contributed by atoms with Crippen molar-refractivity contribution in [3.8, 4) is 11.1 Å². The zero-order valence-corrected chi connectivity index (χ0v) is 16.3. The molecular weight excluding hydrogens is 352 g/mol. The average Bonchev–Trinajstić information content (AvgIpc) is 3.45. The summed E-state index contributed by atoms with van der Waals surface area (Å²) in [5, 5.41) is 19.3. The molecule has 2 aromatic rings. The zero-order chi connectivity index (χ0) is 19.7. The molecule has 7 heteroatoms. The minimum atomic E-state index is 0.0385. The van der Waals surface area contributed by atoms with E-state index < -0.39 is 0 Å². The molecule has 1 fully saturated rings. The highest BCUT2D eigenvalue weighted by molar-refractivity contribution is 6.07. The first kappa shape index (κ1) is 18.3. The van der Waals surface area contributed by atoms with E-state index in [0.29, 0.717) is 25.0 Å². The summed E-state index contributed by atoms with van der Waals surface area (Å²) in [5.74, 6) is 0.362. The quantitative estimate of drug-likeness (QED) is 0.551. The first-order chi connectivity index (χ1) is 13.5. The molecule has 4 rings (SSSR count). The summed E-state index contributed by atoms with van der Waals surface area (Å²) in [6.07, 6.45) is 7.18. The fourth-order valence-corrected chi connectivity index (χ4v) is 3.53. The van der Waals surface area contributed by atoms with E-state index in [1.165, 1.54) is 12.8 Å². The summed E-state index contributed by atoms with van der Waals surface area (Å²) in [4.78, 5) is 13.5. The highest BCUT2D eigenvalue weighted by Gasteiger charge is 2.24. The molecule has 0 atom stereocenters. The minimum Gasteiger partial charge on any atom is -0.391 e. The van der Waals surface area contributed by atoms with Gasteiger partial charge in [0.1, 0.15) is 5.84 Å². The number of hydrogen-bond acceptors (Lipinski definition) is 4. The third-order valence-corrected chi connectivity index (χ3v) is 5.40. The van der Waals surface area contributed by atoms with Gasteiger partial charge in [-0.1, -0.05) is 12.1 Å². The maximum absolute atomic E-state index is 11.7. The number of amides is 1. The topological polar surface area (TPSA) is 86.0 Å². The van der Waals surface area contributed by atoms with Gasteiger partial charge in [0, 0.05) is 55.7 Å². The molecule has 0 saturated heterocycles. The largest absolute Gasteiger partial charge is 0.391 e. The number of carbonyl (C=O) groups excluding carboxylic acids is 1. The summed E-state index contributed by atoms with van der Waals surface area (Å²) in [7, 11) is 1.86. The van der Waals surface area contributed by atoms with Crippen LogP contribution in [0.4, 0.5) is 5.69 Å². The van der Waals surface area contributed by atoms with Gasteiger partial charge in [0.2, 0.25) is 5.91 Å². The van der Waals surface area contributed by atoms with Crippen LogP contribution in [0, 0.1) is 5.41 Å². The number of amidine groups is 1. The van der Waals surface area contributed by atoms with Crippen LogP contribution >= 0.6 is 0 Å². The lowest BCUT2D eigenvalue weighted by atomic mass is 10.0. The van der Waals surface area contributed by atoms with Crippen LogP contribution in [0.15, 0.2) is 47.9 Å². The second-order valence-corrected chi connectivity index (χ2v) is 7.42. The second kappa shape index (κ2) is 7.50. The smallest absolute Gasteiger partial charge is 0.219 e. The average molecular weight is 378 g/mol. The van der Waals surface area contributed by atoms with Gasteiger partial charge < -0.3 is 15.5 Å². The maximum atomic E-state index is 11.7. The summed E-state index contributed by atoms with van der Waals surface area (Å²) >= 11 is 0. The summed E-state index contributed by atoms with van der Waals surface area (Å²) in [6.45, 7) is 2.71. The molecule has 28 heavy (non-hydrogen) atoms. The summed E-state index contributed by atoms with van der Waals surface area (Å²) in [5.41, 5.74) is 4.92. The third-order valence-electron chi connectivity index (χ3n) is 5.40. The lowest BCUT2D eigenvalue weighted by Gasteiger charge is -2.30. The molecule has 7 nitrogen and oxygen atoms in total. The molecule has 146 valence electrons. The van der Waals surface area contributed by atoms with Gasteiger partial charge in [-0.25, -0.2) is 0 Å². The fraction of sp³-hybridized carbons (Fsp3) is 0.381. The molecule has 2 aliphatic rings. The van der Waals surface area contributed by atoms with Crippen molar-refractivity contribution in [2.75, 3.05) is 25.5 Å². The Morgan fingerprint density at radius 2 is 1.96 bits per heavy atom. The predicted molar refractivity (Wildman–Crippen MR) is 110 cm³/mol. The summed E-state index contributed by atoms with van der Waals surface area (Å²) < 4.78 is 2.05. The van der Waals surface area contributed by atoms with E-state index in [1.54, 1.807) is 11.8 Å². The van der Waals surface area contributed by atoms with Crippen LogP contribution in [0.3, 0.4) is 0 Å². The van der Waals surface area contributed by atoms with Crippen molar-refractivity contribution in [3.63, 3.8) is 0 Å². The molecule has 0 spiro atoms. The molecule has 1 aliphatic heterocycles. The second-order valence-electron chi connectivity index (χ2n) is 7.42. The first-order valence-corrected chi connectivity index (χ1v) is 9.71. The molecule has 0 unspecified atom stereocenters. The molecule has 0 radical (unpaired) electrons. The minimum absolute atomic E-state index is 0.0385. The van der Waals surface area contributed by atoms with E-state index in [-0.39, 0.29) is 5.91 Å². The summed E-state index contributed by atoms with van der Waals surface area (Å²) in [6, 6.07) is 8.61. The molecule has 1 saturated carbocycles. The Hall–Kier alpha value is -3.09. The van der Waals surface area contributed by atoms with Gasteiger partial charge >= 0.3 is 0 Å². The van der Waals surface area contributed by atoms with Crippen LogP contribution in [0.25, 0.3) is 11.1 Å². The van der Waals surface area contributed by atoms with Crippen molar-refractivity contribution in [1.29, 1.82) is 5.41 Å². The van der Waals surface area contributed by atoms with Crippen LogP contribution in [-0.2, 0) is 4.79 Å². The molecule has 3 N–H and O–H groups in total. The van der Waals surface area contributed by atoms with Gasteiger partial charge in [0.05, 0.1) is 18.8 Å². The van der Waals surface area contributed by atoms with E-state index in [0.717, 1.165) is 34.5 Å². The number of hydrogen-bond donors (Lipinski definition) is 3. The molecule has 1 aromatic heterocycles. The van der Waals surface area contributed by atoms with E-state index in [1.807, 2.05) is 42.2 Å². The number of carbonyl (C=O) groups is 1. The fourth-order valence-electron chi connectivity index (χ4n) is 3.53. The molecule has 2 heterocycles. The van der Waals surface area contributed by atoms with E-state index >= 15 is 0 Å². The van der Waals surface area contributed by atoms with Crippen molar-refractivity contribution in [1.82, 2.24) is 20.0 Å². The molecule has 1 amide bonds. The van der Waals surface area contributed by atoms with Crippen molar-refractivity contribution in [2.45, 2.75) is 32.2 Å². The Morgan fingerprint density at radius 1 is 1.21 bits per heavy atom. The monoisotopic (exact) mass is 378 g/mol. The molecule has 1 aliphatic carbocycles. The molecule has 1 aromatic carbocycles. The Morgan fingerprint density at radius 3 is 2.61 bits per heavy atom. The number of nitrogens with zero attached hydrogens (tertiary/aromatic N) is 3.